The molecule has 25 heavy (non-hydrogen) atoms. The first-order valence-corrected chi connectivity index (χ1v) is 9.09. The topological polar surface area (TPSA) is 38.9 Å². The number of rotatable bonds is 4. The van der Waals surface area contributed by atoms with E-state index in [0.29, 0.717) is 0 Å². The van der Waals surface area contributed by atoms with E-state index in [1.807, 2.05) is 23.0 Å². The molecule has 1 aliphatic heterocycles. The van der Waals surface area contributed by atoms with E-state index in [4.69, 9.17) is 5.10 Å². The van der Waals surface area contributed by atoms with Gasteiger partial charge in [0.25, 0.3) is 0 Å². The maximum atomic E-state index is 4.93. The van der Waals surface area contributed by atoms with Gasteiger partial charge < -0.3 is 4.57 Å². The Morgan fingerprint density at radius 2 is 2.08 bits per heavy atom. The van der Waals surface area contributed by atoms with Crippen molar-refractivity contribution in [3.63, 3.8) is 0 Å². The highest BCUT2D eigenvalue weighted by Gasteiger charge is 2.29. The molecule has 0 aromatic carbocycles. The molecule has 5 nitrogen and oxygen atoms in total. The molecule has 1 fully saturated rings. The second kappa shape index (κ2) is 5.85. The van der Waals surface area contributed by atoms with Gasteiger partial charge in [-0.25, -0.2) is 0 Å². The summed E-state index contributed by atoms with van der Waals surface area (Å²) >= 11 is 0. The van der Waals surface area contributed by atoms with Crippen LogP contribution < -0.4 is 0 Å². The molecule has 5 heteroatoms. The molecule has 3 aromatic rings. The number of aryl methyl sites for hydroxylation is 1. The zero-order chi connectivity index (χ0) is 16.8. The van der Waals surface area contributed by atoms with Crippen molar-refractivity contribution in [2.24, 2.45) is 13.0 Å². The molecule has 5 rings (SSSR count). The van der Waals surface area contributed by atoms with Crippen LogP contribution >= 0.6 is 0 Å². The lowest BCUT2D eigenvalue weighted by molar-refractivity contribution is 0.243. The average molecular weight is 333 g/mol. The van der Waals surface area contributed by atoms with Gasteiger partial charge >= 0.3 is 0 Å². The summed E-state index contributed by atoms with van der Waals surface area (Å²) in [6.45, 7) is 3.93. The van der Waals surface area contributed by atoms with Crippen LogP contribution in [-0.2, 0) is 26.7 Å². The third kappa shape index (κ3) is 2.89. The monoisotopic (exact) mass is 333 g/mol. The summed E-state index contributed by atoms with van der Waals surface area (Å²) in [5, 5.41) is 4.93. The summed E-state index contributed by atoms with van der Waals surface area (Å²) < 4.78 is 4.30. The second-order valence-electron chi connectivity index (χ2n) is 7.42. The Bertz CT molecular complexity index is 888. The van der Waals surface area contributed by atoms with Crippen LogP contribution in [0.4, 0.5) is 0 Å². The minimum Gasteiger partial charge on any atom is -0.353 e. The fraction of sp³-hybridized carbons (Fsp3) is 0.400. The fourth-order valence-electron chi connectivity index (χ4n) is 3.82. The van der Waals surface area contributed by atoms with E-state index < -0.39 is 0 Å². The lowest BCUT2D eigenvalue weighted by Crippen LogP contribution is -2.25. The first kappa shape index (κ1) is 14.9. The molecule has 0 spiro atoms. The van der Waals surface area contributed by atoms with E-state index in [9.17, 15) is 0 Å². The summed E-state index contributed by atoms with van der Waals surface area (Å²) in [6.07, 6.45) is 9.00. The average Bonchev–Trinajstić information content (AvgIpc) is 3.27. The van der Waals surface area contributed by atoms with Gasteiger partial charge in [0.1, 0.15) is 0 Å². The summed E-state index contributed by atoms with van der Waals surface area (Å²) in [5.74, 6) is 0.897. The standard InChI is InChI=1S/C20H23N5/c1-23-9-7-18-19(23)14-24(10-15-5-6-15)11-16-12-25(22-20(16)18)13-17-4-2-3-8-21-17/h2-4,7-9,12,15H,5-6,10-11,13-14H2,1H3. The van der Waals surface area contributed by atoms with Gasteiger partial charge in [-0.15, -0.1) is 0 Å². The molecular weight excluding hydrogens is 310 g/mol. The van der Waals surface area contributed by atoms with Crippen LogP contribution in [0.25, 0.3) is 11.3 Å². The Hall–Kier alpha value is -2.40. The third-order valence-electron chi connectivity index (χ3n) is 5.32. The minimum absolute atomic E-state index is 0.721. The zero-order valence-corrected chi connectivity index (χ0v) is 14.6. The van der Waals surface area contributed by atoms with Gasteiger partial charge in [0.15, 0.2) is 0 Å². The molecule has 4 heterocycles. The quantitative estimate of drug-likeness (QED) is 0.736. The molecule has 0 atom stereocenters. The zero-order valence-electron chi connectivity index (χ0n) is 14.6. The van der Waals surface area contributed by atoms with E-state index in [-0.39, 0.29) is 0 Å². The first-order valence-electron chi connectivity index (χ1n) is 9.09. The molecule has 3 aromatic heterocycles. The number of aromatic nitrogens is 4. The predicted octanol–water partition coefficient (Wildman–Crippen LogP) is 3.06. The Labute approximate surface area is 147 Å². The van der Waals surface area contributed by atoms with Crippen molar-refractivity contribution in [3.8, 4) is 11.3 Å². The Kier molecular flexibility index (Phi) is 3.48. The van der Waals surface area contributed by atoms with Crippen molar-refractivity contribution in [3.05, 3.63) is 59.8 Å². The number of nitrogens with zero attached hydrogens (tertiary/aromatic N) is 5. The molecule has 1 aliphatic carbocycles. The van der Waals surface area contributed by atoms with Gasteiger partial charge in [-0.3, -0.25) is 14.6 Å². The molecule has 0 N–H and O–H groups in total. The van der Waals surface area contributed by atoms with Crippen LogP contribution in [0, 0.1) is 5.92 Å². The van der Waals surface area contributed by atoms with Gasteiger partial charge in [0.2, 0.25) is 0 Å². The van der Waals surface area contributed by atoms with E-state index in [1.54, 1.807) is 0 Å². The van der Waals surface area contributed by atoms with Crippen molar-refractivity contribution in [1.29, 1.82) is 0 Å². The molecular formula is C20H23N5. The second-order valence-corrected chi connectivity index (χ2v) is 7.42. The van der Waals surface area contributed by atoms with Crippen LogP contribution in [0.1, 0.15) is 29.8 Å². The van der Waals surface area contributed by atoms with Crippen LogP contribution in [0.3, 0.4) is 0 Å². The summed E-state index contributed by atoms with van der Waals surface area (Å²) in [5.41, 5.74) is 6.19. The van der Waals surface area contributed by atoms with Crippen molar-refractivity contribution < 1.29 is 0 Å². The lowest BCUT2D eigenvalue weighted by atomic mass is 10.1. The number of hydrogen-bond acceptors (Lipinski definition) is 3. The fourth-order valence-corrected chi connectivity index (χ4v) is 3.82. The molecule has 0 amide bonds. The first-order chi connectivity index (χ1) is 12.3. The summed E-state index contributed by atoms with van der Waals surface area (Å²) in [4.78, 5) is 7.03. The Balaban J connectivity index is 1.51. The van der Waals surface area contributed by atoms with E-state index in [2.05, 4.69) is 46.0 Å². The van der Waals surface area contributed by atoms with Crippen molar-refractivity contribution in [2.75, 3.05) is 6.54 Å². The number of fused-ring (bicyclic) bond motifs is 3. The van der Waals surface area contributed by atoms with Gasteiger partial charge in [0, 0.05) is 62.1 Å². The summed E-state index contributed by atoms with van der Waals surface area (Å²) in [6, 6.07) is 8.25. The molecule has 2 aliphatic rings. The Morgan fingerprint density at radius 3 is 2.88 bits per heavy atom. The van der Waals surface area contributed by atoms with Crippen LogP contribution in [0.15, 0.2) is 42.9 Å². The van der Waals surface area contributed by atoms with Gasteiger partial charge in [-0.05, 0) is 37.0 Å². The van der Waals surface area contributed by atoms with Crippen molar-refractivity contribution in [1.82, 2.24) is 24.2 Å². The predicted molar refractivity (Wildman–Crippen MR) is 96.8 cm³/mol. The van der Waals surface area contributed by atoms with Crippen molar-refractivity contribution >= 4 is 0 Å². The molecule has 0 unspecified atom stereocenters. The smallest absolute Gasteiger partial charge is 0.0986 e. The maximum absolute atomic E-state index is 4.93. The molecule has 128 valence electrons. The molecule has 0 bridgehead atoms. The van der Waals surface area contributed by atoms with Crippen LogP contribution in [0.5, 0.6) is 0 Å². The van der Waals surface area contributed by atoms with Crippen LogP contribution in [-0.4, -0.2) is 30.8 Å². The third-order valence-corrected chi connectivity index (χ3v) is 5.32. The highest BCUT2D eigenvalue weighted by Crippen LogP contribution is 2.35. The van der Waals surface area contributed by atoms with E-state index in [0.717, 1.165) is 36.9 Å². The number of pyridine rings is 1. The maximum Gasteiger partial charge on any atom is 0.0986 e. The highest BCUT2D eigenvalue weighted by molar-refractivity contribution is 5.66. The van der Waals surface area contributed by atoms with Gasteiger partial charge in [-0.2, -0.15) is 5.10 Å². The van der Waals surface area contributed by atoms with Crippen LogP contribution in [0.2, 0.25) is 0 Å². The van der Waals surface area contributed by atoms with E-state index in [1.165, 1.54) is 36.2 Å². The van der Waals surface area contributed by atoms with Crippen molar-refractivity contribution in [2.45, 2.75) is 32.5 Å². The molecule has 0 radical (unpaired) electrons. The van der Waals surface area contributed by atoms with Gasteiger partial charge in [0.05, 0.1) is 17.9 Å². The Morgan fingerprint density at radius 1 is 1.16 bits per heavy atom. The summed E-state index contributed by atoms with van der Waals surface area (Å²) in [7, 11) is 2.14. The number of hydrogen-bond donors (Lipinski definition) is 0. The molecule has 0 saturated heterocycles. The molecule has 1 saturated carbocycles. The van der Waals surface area contributed by atoms with Gasteiger partial charge in [-0.1, -0.05) is 6.07 Å². The minimum atomic E-state index is 0.721. The van der Waals surface area contributed by atoms with E-state index >= 15 is 0 Å². The lowest BCUT2D eigenvalue weighted by Gasteiger charge is -2.20. The largest absolute Gasteiger partial charge is 0.353 e. The highest BCUT2D eigenvalue weighted by atomic mass is 15.3. The SMILES string of the molecule is Cn1ccc2c1CN(CC1CC1)Cc1cn(Cc3ccccn3)nc1-2. The normalized spacial score (nSPS) is 17.2.